The van der Waals surface area contributed by atoms with Gasteiger partial charge in [-0.15, -0.1) is 0 Å². The summed E-state index contributed by atoms with van der Waals surface area (Å²) in [6.45, 7) is 2.24. The molecule has 0 bridgehead atoms. The van der Waals surface area contributed by atoms with E-state index in [4.69, 9.17) is 11.6 Å². The monoisotopic (exact) mass is 235 g/mol. The van der Waals surface area contributed by atoms with E-state index < -0.39 is 0 Å². The van der Waals surface area contributed by atoms with Crippen LogP contribution in [0.15, 0.2) is 24.4 Å². The number of aromatic amines is 1. The normalized spacial score (nSPS) is 11.1. The van der Waals surface area contributed by atoms with Gasteiger partial charge in [-0.25, -0.2) is 0 Å². The maximum absolute atomic E-state index is 6.12. The van der Waals surface area contributed by atoms with E-state index in [1.807, 2.05) is 12.1 Å². The lowest BCUT2D eigenvalue weighted by Crippen LogP contribution is -1.83. The zero-order valence-corrected chi connectivity index (χ0v) is 10.5. The predicted octanol–water partition coefficient (Wildman–Crippen LogP) is 4.94. The summed E-state index contributed by atoms with van der Waals surface area (Å²) in [7, 11) is 0. The smallest absolute Gasteiger partial charge is 0.0647 e. The molecule has 0 radical (unpaired) electrons. The van der Waals surface area contributed by atoms with E-state index in [1.165, 1.54) is 36.6 Å². The number of aryl methyl sites for hydroxylation is 1. The molecule has 1 aromatic carbocycles. The number of H-pyrrole nitrogens is 1. The Bertz CT molecular complexity index is 459. The van der Waals surface area contributed by atoms with Crippen molar-refractivity contribution in [2.24, 2.45) is 0 Å². The third-order valence-corrected chi connectivity index (χ3v) is 3.36. The molecule has 0 unspecified atom stereocenters. The topological polar surface area (TPSA) is 15.8 Å². The Hall–Kier alpha value is -0.950. The van der Waals surface area contributed by atoms with Crippen molar-refractivity contribution in [1.82, 2.24) is 4.98 Å². The fraction of sp³-hybridized carbons (Fsp3) is 0.429. The van der Waals surface area contributed by atoms with Crippen LogP contribution in [0.2, 0.25) is 5.02 Å². The highest BCUT2D eigenvalue weighted by Crippen LogP contribution is 2.26. The van der Waals surface area contributed by atoms with Crippen LogP contribution in [0.25, 0.3) is 10.9 Å². The summed E-state index contributed by atoms with van der Waals surface area (Å²) in [6.07, 6.45) is 8.47. The van der Waals surface area contributed by atoms with Gasteiger partial charge in [-0.2, -0.15) is 0 Å². The van der Waals surface area contributed by atoms with Crippen LogP contribution in [0.4, 0.5) is 0 Å². The molecule has 16 heavy (non-hydrogen) atoms. The number of aromatic nitrogens is 1. The summed E-state index contributed by atoms with van der Waals surface area (Å²) >= 11 is 6.12. The van der Waals surface area contributed by atoms with Gasteiger partial charge in [0.15, 0.2) is 0 Å². The second-order valence-corrected chi connectivity index (χ2v) is 4.69. The molecule has 2 heteroatoms. The molecular formula is C14H18ClN. The lowest BCUT2D eigenvalue weighted by atomic mass is 10.1. The van der Waals surface area contributed by atoms with E-state index >= 15 is 0 Å². The van der Waals surface area contributed by atoms with Crippen LogP contribution in [0, 0.1) is 0 Å². The Labute approximate surface area is 102 Å². The SMILES string of the molecule is CCCCCCc1c[nH]c2c(Cl)cccc12. The largest absolute Gasteiger partial charge is 0.360 e. The number of nitrogens with one attached hydrogen (secondary N) is 1. The first kappa shape index (κ1) is 11.5. The maximum atomic E-state index is 6.12. The van der Waals surface area contributed by atoms with Crippen molar-refractivity contribution in [3.8, 4) is 0 Å². The Morgan fingerprint density at radius 2 is 2.06 bits per heavy atom. The summed E-state index contributed by atoms with van der Waals surface area (Å²) in [4.78, 5) is 3.27. The molecular weight excluding hydrogens is 218 g/mol. The molecule has 0 fully saturated rings. The second kappa shape index (κ2) is 5.40. The van der Waals surface area contributed by atoms with Gasteiger partial charge in [0.25, 0.3) is 0 Å². The molecule has 0 spiro atoms. The number of rotatable bonds is 5. The van der Waals surface area contributed by atoms with Crippen LogP contribution in [0.1, 0.15) is 38.2 Å². The first-order valence-corrected chi connectivity index (χ1v) is 6.45. The molecule has 0 saturated heterocycles. The van der Waals surface area contributed by atoms with Crippen LogP contribution in [0.5, 0.6) is 0 Å². The van der Waals surface area contributed by atoms with Crippen molar-refractivity contribution in [3.05, 3.63) is 35.0 Å². The van der Waals surface area contributed by atoms with E-state index in [2.05, 4.69) is 24.2 Å². The molecule has 2 rings (SSSR count). The van der Waals surface area contributed by atoms with Crippen LogP contribution >= 0.6 is 11.6 Å². The summed E-state index contributed by atoms with van der Waals surface area (Å²) in [5.74, 6) is 0. The number of unbranched alkanes of at least 4 members (excludes halogenated alkanes) is 3. The Kier molecular flexibility index (Phi) is 3.89. The molecule has 1 heterocycles. The highest BCUT2D eigenvalue weighted by atomic mass is 35.5. The van der Waals surface area contributed by atoms with Gasteiger partial charge in [0.2, 0.25) is 0 Å². The third kappa shape index (κ3) is 2.41. The first-order valence-electron chi connectivity index (χ1n) is 6.07. The van der Waals surface area contributed by atoms with Crippen molar-refractivity contribution >= 4 is 22.5 Å². The zero-order chi connectivity index (χ0) is 11.4. The molecule has 0 amide bonds. The molecule has 1 aromatic heterocycles. The van der Waals surface area contributed by atoms with Gasteiger partial charge >= 0.3 is 0 Å². The van der Waals surface area contributed by atoms with Gasteiger partial charge in [-0.1, -0.05) is 49.9 Å². The number of para-hydroxylation sites is 1. The quantitative estimate of drug-likeness (QED) is 0.707. The minimum atomic E-state index is 0.817. The highest BCUT2D eigenvalue weighted by Gasteiger charge is 2.05. The molecule has 2 aromatic rings. The second-order valence-electron chi connectivity index (χ2n) is 4.29. The van der Waals surface area contributed by atoms with Crippen LogP contribution in [-0.4, -0.2) is 4.98 Å². The average molecular weight is 236 g/mol. The van der Waals surface area contributed by atoms with E-state index in [9.17, 15) is 0 Å². The maximum Gasteiger partial charge on any atom is 0.0647 e. The summed E-state index contributed by atoms with van der Waals surface area (Å²) in [6, 6.07) is 6.10. The molecule has 0 aliphatic carbocycles. The van der Waals surface area contributed by atoms with Gasteiger partial charge in [-0.3, -0.25) is 0 Å². The number of hydrogen-bond donors (Lipinski definition) is 1. The Morgan fingerprint density at radius 3 is 2.88 bits per heavy atom. The zero-order valence-electron chi connectivity index (χ0n) is 9.72. The van der Waals surface area contributed by atoms with Crippen LogP contribution in [0.3, 0.4) is 0 Å². The molecule has 1 nitrogen and oxygen atoms in total. The number of fused-ring (bicyclic) bond motifs is 1. The van der Waals surface area contributed by atoms with E-state index in [1.54, 1.807) is 0 Å². The van der Waals surface area contributed by atoms with Crippen molar-refractivity contribution in [1.29, 1.82) is 0 Å². The van der Waals surface area contributed by atoms with Crippen LogP contribution < -0.4 is 0 Å². The van der Waals surface area contributed by atoms with Gasteiger partial charge in [0.1, 0.15) is 0 Å². The highest BCUT2D eigenvalue weighted by molar-refractivity contribution is 6.35. The first-order chi connectivity index (χ1) is 7.83. The van der Waals surface area contributed by atoms with Gasteiger partial charge in [0.05, 0.1) is 10.5 Å². The summed E-state index contributed by atoms with van der Waals surface area (Å²) < 4.78 is 0. The molecule has 1 N–H and O–H groups in total. The summed E-state index contributed by atoms with van der Waals surface area (Å²) in [5.41, 5.74) is 2.48. The molecule has 0 atom stereocenters. The molecule has 0 aliphatic rings. The molecule has 86 valence electrons. The van der Waals surface area contributed by atoms with Crippen molar-refractivity contribution in [2.75, 3.05) is 0 Å². The lowest BCUT2D eigenvalue weighted by molar-refractivity contribution is 0.668. The lowest BCUT2D eigenvalue weighted by Gasteiger charge is -1.99. The fourth-order valence-electron chi connectivity index (χ4n) is 2.12. The van der Waals surface area contributed by atoms with E-state index in [-0.39, 0.29) is 0 Å². The Balaban J connectivity index is 2.10. The van der Waals surface area contributed by atoms with Gasteiger partial charge in [0, 0.05) is 11.6 Å². The van der Waals surface area contributed by atoms with Crippen molar-refractivity contribution < 1.29 is 0 Å². The molecule has 0 aliphatic heterocycles. The van der Waals surface area contributed by atoms with Gasteiger partial charge in [-0.05, 0) is 24.5 Å². The Morgan fingerprint density at radius 1 is 1.19 bits per heavy atom. The minimum Gasteiger partial charge on any atom is -0.360 e. The number of halogens is 1. The summed E-state index contributed by atoms with van der Waals surface area (Å²) in [5, 5.41) is 2.10. The van der Waals surface area contributed by atoms with Crippen molar-refractivity contribution in [3.63, 3.8) is 0 Å². The standard InChI is InChI=1S/C14H18ClN/c1-2-3-4-5-7-11-10-16-14-12(11)8-6-9-13(14)15/h6,8-10,16H,2-5,7H2,1H3. The van der Waals surface area contributed by atoms with Crippen LogP contribution in [-0.2, 0) is 6.42 Å². The minimum absolute atomic E-state index is 0.817. The number of benzene rings is 1. The fourth-order valence-corrected chi connectivity index (χ4v) is 2.35. The number of hydrogen-bond acceptors (Lipinski definition) is 0. The molecule has 0 saturated carbocycles. The third-order valence-electron chi connectivity index (χ3n) is 3.05. The predicted molar refractivity (Wildman–Crippen MR) is 71.2 cm³/mol. The van der Waals surface area contributed by atoms with E-state index in [0.29, 0.717) is 0 Å². The van der Waals surface area contributed by atoms with Crippen molar-refractivity contribution in [2.45, 2.75) is 39.0 Å². The van der Waals surface area contributed by atoms with E-state index in [0.717, 1.165) is 17.0 Å². The average Bonchev–Trinajstić information content (AvgIpc) is 2.70. The van der Waals surface area contributed by atoms with Gasteiger partial charge < -0.3 is 4.98 Å².